The Balaban J connectivity index is 3.57. The average molecular weight is 520 g/mol. The molecule has 0 bridgehead atoms. The van der Waals surface area contributed by atoms with Crippen LogP contribution in [0.5, 0.6) is 0 Å². The third-order valence-corrected chi connectivity index (χ3v) is 8.04. The van der Waals surface area contributed by atoms with Gasteiger partial charge in [-0.05, 0) is 19.3 Å². The van der Waals surface area contributed by atoms with E-state index < -0.39 is 0 Å². The zero-order valence-electron chi connectivity index (χ0n) is 25.8. The van der Waals surface area contributed by atoms with Gasteiger partial charge in [0.2, 0.25) is 0 Å². The van der Waals surface area contributed by atoms with Gasteiger partial charge in [0.05, 0.1) is 0 Å². The summed E-state index contributed by atoms with van der Waals surface area (Å²) < 4.78 is 0. The van der Waals surface area contributed by atoms with Crippen LogP contribution in [0.4, 0.5) is 0 Å². The first-order valence-electron chi connectivity index (χ1n) is 17.1. The van der Waals surface area contributed by atoms with Gasteiger partial charge in [-0.2, -0.15) is 0 Å². The van der Waals surface area contributed by atoms with Crippen LogP contribution in [0.25, 0.3) is 0 Å². The Morgan fingerprint density at radius 1 is 0.324 bits per heavy atom. The quantitative estimate of drug-likeness (QED) is 0.0674. The van der Waals surface area contributed by atoms with Gasteiger partial charge in [-0.25, -0.2) is 0 Å². The number of unbranched alkanes of at least 4 members (excludes halogenated alkanes) is 24. The van der Waals surface area contributed by atoms with E-state index in [1.54, 1.807) is 0 Å². The van der Waals surface area contributed by atoms with E-state index in [-0.39, 0.29) is 11.6 Å². The summed E-state index contributed by atoms with van der Waals surface area (Å²) in [7, 11) is 0. The largest absolute Gasteiger partial charge is 0.299 e. The molecule has 1 radical (unpaired) electrons. The minimum atomic E-state index is 0.130. The zero-order valence-corrected chi connectivity index (χ0v) is 25.8. The highest BCUT2D eigenvalue weighted by atomic mass is 16.1. The van der Waals surface area contributed by atoms with E-state index in [9.17, 15) is 9.59 Å². The predicted molar refractivity (Wildman–Crippen MR) is 164 cm³/mol. The predicted octanol–water partition coefficient (Wildman–Crippen LogP) is 12.1. The van der Waals surface area contributed by atoms with Crippen molar-refractivity contribution in [3.8, 4) is 0 Å². The molecule has 0 saturated carbocycles. The lowest BCUT2D eigenvalue weighted by atomic mass is 9.89. The molecule has 0 atom stereocenters. The van der Waals surface area contributed by atoms with Crippen molar-refractivity contribution in [2.75, 3.05) is 0 Å². The van der Waals surface area contributed by atoms with Gasteiger partial charge >= 0.3 is 0 Å². The number of Topliss-reactive ketones (excluding diaryl/α,β-unsaturated/α-hetero) is 2. The summed E-state index contributed by atoms with van der Waals surface area (Å²) in [5.41, 5.74) is 0. The summed E-state index contributed by atoms with van der Waals surface area (Å²) >= 11 is 0. The van der Waals surface area contributed by atoms with Crippen LogP contribution < -0.4 is 0 Å². The lowest BCUT2D eigenvalue weighted by Crippen LogP contribution is -2.21. The number of hydrogen-bond acceptors (Lipinski definition) is 2. The monoisotopic (exact) mass is 520 g/mol. The summed E-state index contributed by atoms with van der Waals surface area (Å²) in [5.74, 6) is 0.855. The molecule has 2 heteroatoms. The Morgan fingerprint density at radius 2 is 0.541 bits per heavy atom. The Labute approximate surface area is 233 Å². The van der Waals surface area contributed by atoms with Crippen molar-refractivity contribution in [1.29, 1.82) is 0 Å². The number of hydrogen-bond donors (Lipinski definition) is 0. The van der Waals surface area contributed by atoms with Crippen molar-refractivity contribution in [3.63, 3.8) is 0 Å². The molecule has 0 fully saturated rings. The molecule has 0 saturated heterocycles. The van der Waals surface area contributed by atoms with Crippen LogP contribution in [0.1, 0.15) is 207 Å². The molecular formula is C35H67O2. The molecule has 0 unspecified atom stereocenters. The van der Waals surface area contributed by atoms with Gasteiger partial charge < -0.3 is 0 Å². The van der Waals surface area contributed by atoms with Crippen LogP contribution in [-0.2, 0) is 9.59 Å². The van der Waals surface area contributed by atoms with E-state index >= 15 is 0 Å². The molecule has 0 aliphatic carbocycles. The molecule has 0 rings (SSSR count). The van der Waals surface area contributed by atoms with Gasteiger partial charge in [0, 0.05) is 12.8 Å². The fourth-order valence-electron chi connectivity index (χ4n) is 5.46. The summed E-state index contributed by atoms with van der Waals surface area (Å²) in [4.78, 5) is 25.2. The highest BCUT2D eigenvalue weighted by Gasteiger charge is 2.24. The first kappa shape index (κ1) is 36.3. The second-order valence-corrected chi connectivity index (χ2v) is 11.7. The van der Waals surface area contributed by atoms with Crippen LogP contribution in [-0.4, -0.2) is 11.6 Å². The highest BCUT2D eigenvalue weighted by molar-refractivity contribution is 6.16. The van der Waals surface area contributed by atoms with Gasteiger partial charge in [0.15, 0.2) is 0 Å². The molecule has 37 heavy (non-hydrogen) atoms. The van der Waals surface area contributed by atoms with Gasteiger partial charge in [-0.15, -0.1) is 0 Å². The molecule has 0 aliphatic heterocycles. The molecule has 0 aliphatic rings. The van der Waals surface area contributed by atoms with Crippen LogP contribution >= 0.6 is 0 Å². The molecule has 0 aromatic rings. The van der Waals surface area contributed by atoms with Crippen LogP contribution in [0.15, 0.2) is 0 Å². The number of carbonyl (C=O) groups excluding carboxylic acids is 2. The van der Waals surface area contributed by atoms with E-state index in [0.717, 1.165) is 25.7 Å². The molecule has 0 aromatic carbocycles. The number of carbonyl (C=O) groups is 2. The van der Waals surface area contributed by atoms with Gasteiger partial charge in [-0.3, -0.25) is 9.59 Å². The molecule has 0 heterocycles. The maximum absolute atomic E-state index is 12.6. The lowest BCUT2D eigenvalue weighted by molar-refractivity contribution is -0.124. The Morgan fingerprint density at radius 3 is 0.757 bits per heavy atom. The second-order valence-electron chi connectivity index (χ2n) is 11.7. The van der Waals surface area contributed by atoms with E-state index in [1.165, 1.54) is 141 Å². The van der Waals surface area contributed by atoms with E-state index in [4.69, 9.17) is 0 Å². The van der Waals surface area contributed by atoms with Gasteiger partial charge in [0.25, 0.3) is 0 Å². The molecule has 0 aromatic heterocycles. The Bertz CT molecular complexity index is 442. The second kappa shape index (κ2) is 29.9. The third-order valence-electron chi connectivity index (χ3n) is 8.04. The van der Waals surface area contributed by atoms with Gasteiger partial charge in [0.1, 0.15) is 17.5 Å². The zero-order chi connectivity index (χ0) is 27.2. The van der Waals surface area contributed by atoms with E-state index in [0.29, 0.717) is 25.2 Å². The molecule has 0 amide bonds. The fraction of sp³-hybridized carbons (Fsp3) is 0.914. The van der Waals surface area contributed by atoms with Crippen molar-refractivity contribution in [3.05, 3.63) is 5.92 Å². The van der Waals surface area contributed by atoms with Crippen LogP contribution in [0.2, 0.25) is 0 Å². The Hall–Kier alpha value is -0.660. The van der Waals surface area contributed by atoms with E-state index in [2.05, 4.69) is 13.8 Å². The Kier molecular flexibility index (Phi) is 29.4. The molecule has 219 valence electrons. The average Bonchev–Trinajstić information content (AvgIpc) is 2.90. The fourth-order valence-corrected chi connectivity index (χ4v) is 5.46. The molecule has 2 nitrogen and oxygen atoms in total. The summed E-state index contributed by atoms with van der Waals surface area (Å²) in [6.45, 7) is 6.52. The van der Waals surface area contributed by atoms with Crippen molar-refractivity contribution in [2.24, 2.45) is 0 Å². The van der Waals surface area contributed by atoms with Crippen LogP contribution in [0, 0.1) is 5.92 Å². The first-order chi connectivity index (χ1) is 18.2. The molecular weight excluding hydrogens is 452 g/mol. The summed E-state index contributed by atoms with van der Waals surface area (Å²) in [5, 5.41) is 0. The smallest absolute Gasteiger partial charge is 0.147 e. The minimum Gasteiger partial charge on any atom is -0.299 e. The minimum absolute atomic E-state index is 0.130. The first-order valence-corrected chi connectivity index (χ1v) is 17.1. The van der Waals surface area contributed by atoms with Crippen molar-refractivity contribution >= 4 is 11.6 Å². The highest BCUT2D eigenvalue weighted by Crippen LogP contribution is 2.19. The maximum atomic E-state index is 12.6. The topological polar surface area (TPSA) is 34.1 Å². The molecule has 0 N–H and O–H groups in total. The third kappa shape index (κ3) is 25.4. The van der Waals surface area contributed by atoms with Crippen molar-refractivity contribution in [1.82, 2.24) is 0 Å². The number of ketones is 2. The lowest BCUT2D eigenvalue weighted by Gasteiger charge is -2.12. The van der Waals surface area contributed by atoms with Gasteiger partial charge in [-0.1, -0.05) is 175 Å². The van der Waals surface area contributed by atoms with E-state index in [1.807, 2.05) is 6.92 Å². The summed E-state index contributed by atoms with van der Waals surface area (Å²) in [6, 6.07) is 0. The van der Waals surface area contributed by atoms with Crippen molar-refractivity contribution in [2.45, 2.75) is 207 Å². The van der Waals surface area contributed by atoms with Crippen molar-refractivity contribution < 1.29 is 9.59 Å². The maximum Gasteiger partial charge on any atom is 0.147 e. The molecule has 0 spiro atoms. The number of rotatable bonds is 31. The SMILES string of the molecule is CCCCCCCCCCCCCCCC(=O)[C](CC)C(=O)CCCCCCCCCCCCCCC. The van der Waals surface area contributed by atoms with Crippen LogP contribution in [0.3, 0.4) is 0 Å². The standard InChI is InChI=1S/C35H67O2/c1-4-7-9-11-13-15-17-19-21-23-25-27-29-31-34(36)33(6-3)35(37)32-30-28-26-24-22-20-18-16-14-12-10-8-5-2/h4-32H2,1-3H3. The summed E-state index contributed by atoms with van der Waals surface area (Å²) in [6.07, 6.45) is 35.9. The normalized spacial score (nSPS) is 11.5.